The second-order valence-corrected chi connectivity index (χ2v) is 5.37. The van der Waals surface area contributed by atoms with Crippen molar-refractivity contribution in [1.82, 2.24) is 5.32 Å². The standard InChI is InChI=1S/C15H18F3NO2/c16-10-6-7-11(17)14(18)13(10)15(21)19-8-2-4-9-3-1-5-12(9)20/h6-7,9,12,20H,1-5,8H2,(H,19,21). The minimum Gasteiger partial charge on any atom is -0.393 e. The number of amides is 1. The van der Waals surface area contributed by atoms with Crippen molar-refractivity contribution in [3.05, 3.63) is 35.1 Å². The van der Waals surface area contributed by atoms with Gasteiger partial charge in [0.2, 0.25) is 0 Å². The minimum atomic E-state index is -1.47. The van der Waals surface area contributed by atoms with Crippen molar-refractivity contribution >= 4 is 5.91 Å². The molecule has 1 aliphatic rings. The monoisotopic (exact) mass is 301 g/mol. The van der Waals surface area contributed by atoms with Gasteiger partial charge in [-0.15, -0.1) is 0 Å². The number of aliphatic hydroxyl groups is 1. The molecule has 1 aliphatic carbocycles. The second kappa shape index (κ2) is 6.93. The number of rotatable bonds is 5. The van der Waals surface area contributed by atoms with Crippen LogP contribution in [0.3, 0.4) is 0 Å². The van der Waals surface area contributed by atoms with Crippen molar-refractivity contribution in [2.75, 3.05) is 6.54 Å². The summed E-state index contributed by atoms with van der Waals surface area (Å²) >= 11 is 0. The van der Waals surface area contributed by atoms with Crippen LogP contribution >= 0.6 is 0 Å². The smallest absolute Gasteiger partial charge is 0.257 e. The number of benzene rings is 1. The van der Waals surface area contributed by atoms with Gasteiger partial charge in [-0.2, -0.15) is 0 Å². The average Bonchev–Trinajstić information content (AvgIpc) is 2.85. The zero-order chi connectivity index (χ0) is 15.4. The quantitative estimate of drug-likeness (QED) is 0.649. The summed E-state index contributed by atoms with van der Waals surface area (Å²) in [4.78, 5) is 11.7. The van der Waals surface area contributed by atoms with Crippen molar-refractivity contribution in [2.45, 2.75) is 38.2 Å². The Labute approximate surface area is 121 Å². The summed E-state index contributed by atoms with van der Waals surface area (Å²) < 4.78 is 39.8. The van der Waals surface area contributed by atoms with E-state index in [0.29, 0.717) is 12.5 Å². The van der Waals surface area contributed by atoms with E-state index >= 15 is 0 Å². The highest BCUT2D eigenvalue weighted by molar-refractivity contribution is 5.94. The topological polar surface area (TPSA) is 49.3 Å². The molecule has 6 heteroatoms. The van der Waals surface area contributed by atoms with Gasteiger partial charge in [0, 0.05) is 6.54 Å². The SMILES string of the molecule is O=C(NCCCC1CCCC1O)c1c(F)ccc(F)c1F. The van der Waals surface area contributed by atoms with Crippen LogP contribution in [0.1, 0.15) is 42.5 Å². The van der Waals surface area contributed by atoms with Crippen molar-refractivity contribution in [3.63, 3.8) is 0 Å². The lowest BCUT2D eigenvalue weighted by molar-refractivity contribution is 0.0940. The molecule has 2 unspecified atom stereocenters. The van der Waals surface area contributed by atoms with Gasteiger partial charge >= 0.3 is 0 Å². The lowest BCUT2D eigenvalue weighted by atomic mass is 10.00. The molecule has 2 N–H and O–H groups in total. The number of hydrogen-bond donors (Lipinski definition) is 2. The van der Waals surface area contributed by atoms with E-state index in [4.69, 9.17) is 0 Å². The third-order valence-corrected chi connectivity index (χ3v) is 3.93. The molecule has 1 saturated carbocycles. The van der Waals surface area contributed by atoms with Gasteiger partial charge in [0.15, 0.2) is 11.6 Å². The number of carbonyl (C=O) groups is 1. The minimum absolute atomic E-state index is 0.226. The molecule has 0 aliphatic heterocycles. The summed E-state index contributed by atoms with van der Waals surface area (Å²) in [6.45, 7) is 0.234. The Balaban J connectivity index is 1.84. The van der Waals surface area contributed by atoms with Crippen LogP contribution in [0.25, 0.3) is 0 Å². The lowest BCUT2D eigenvalue weighted by Crippen LogP contribution is -2.27. The predicted octanol–water partition coefficient (Wildman–Crippen LogP) is 2.77. The second-order valence-electron chi connectivity index (χ2n) is 5.37. The maximum Gasteiger partial charge on any atom is 0.257 e. The molecule has 0 spiro atoms. The van der Waals surface area contributed by atoms with Crippen LogP contribution in [0.15, 0.2) is 12.1 Å². The van der Waals surface area contributed by atoms with E-state index in [2.05, 4.69) is 5.32 Å². The molecule has 0 radical (unpaired) electrons. The van der Waals surface area contributed by atoms with Gasteiger partial charge in [-0.1, -0.05) is 6.42 Å². The first-order valence-electron chi connectivity index (χ1n) is 7.10. The Kier molecular flexibility index (Phi) is 5.22. The van der Waals surface area contributed by atoms with Crippen LogP contribution in [0, 0.1) is 23.4 Å². The van der Waals surface area contributed by atoms with Gasteiger partial charge in [0.1, 0.15) is 11.4 Å². The van der Waals surface area contributed by atoms with E-state index < -0.39 is 28.9 Å². The summed E-state index contributed by atoms with van der Waals surface area (Å²) in [6.07, 6.45) is 3.82. The van der Waals surface area contributed by atoms with E-state index in [0.717, 1.165) is 31.7 Å². The van der Waals surface area contributed by atoms with Gasteiger partial charge in [-0.25, -0.2) is 13.2 Å². The summed E-state index contributed by atoms with van der Waals surface area (Å²) in [5, 5.41) is 12.0. The largest absolute Gasteiger partial charge is 0.393 e. The van der Waals surface area contributed by atoms with Gasteiger partial charge in [0.25, 0.3) is 5.91 Å². The van der Waals surface area contributed by atoms with Crippen molar-refractivity contribution in [1.29, 1.82) is 0 Å². The van der Waals surface area contributed by atoms with Crippen molar-refractivity contribution in [2.24, 2.45) is 5.92 Å². The molecular formula is C15H18F3NO2. The predicted molar refractivity (Wildman–Crippen MR) is 71.2 cm³/mol. The molecule has 1 aromatic carbocycles. The van der Waals surface area contributed by atoms with Crippen LogP contribution < -0.4 is 5.32 Å². The molecule has 2 atom stereocenters. The van der Waals surface area contributed by atoms with Gasteiger partial charge < -0.3 is 10.4 Å². The van der Waals surface area contributed by atoms with Gasteiger partial charge in [0.05, 0.1) is 6.10 Å². The molecule has 116 valence electrons. The molecule has 0 heterocycles. The first kappa shape index (κ1) is 15.8. The fourth-order valence-corrected chi connectivity index (χ4v) is 2.74. The lowest BCUT2D eigenvalue weighted by Gasteiger charge is -2.14. The van der Waals surface area contributed by atoms with Crippen LogP contribution in [0.4, 0.5) is 13.2 Å². The highest BCUT2D eigenvalue weighted by Crippen LogP contribution is 2.28. The van der Waals surface area contributed by atoms with Crippen molar-refractivity contribution < 1.29 is 23.1 Å². The molecule has 1 fully saturated rings. The molecule has 0 aromatic heterocycles. The normalized spacial score (nSPS) is 21.5. The Bertz CT molecular complexity index is 522. The summed E-state index contributed by atoms with van der Waals surface area (Å²) in [7, 11) is 0. The van der Waals surface area contributed by atoms with E-state index in [1.807, 2.05) is 0 Å². The summed E-state index contributed by atoms with van der Waals surface area (Å²) in [5.41, 5.74) is -0.893. The maximum absolute atomic E-state index is 13.4. The molecule has 21 heavy (non-hydrogen) atoms. The number of carbonyl (C=O) groups excluding carboxylic acids is 1. The number of halogens is 3. The highest BCUT2D eigenvalue weighted by Gasteiger charge is 2.25. The van der Waals surface area contributed by atoms with Crippen LogP contribution in [0.5, 0.6) is 0 Å². The molecular weight excluding hydrogens is 283 g/mol. The van der Waals surface area contributed by atoms with E-state index in [9.17, 15) is 23.1 Å². The Morgan fingerprint density at radius 3 is 2.62 bits per heavy atom. The van der Waals surface area contributed by atoms with E-state index in [1.54, 1.807) is 0 Å². The zero-order valence-corrected chi connectivity index (χ0v) is 11.5. The molecule has 1 amide bonds. The third kappa shape index (κ3) is 3.75. The van der Waals surface area contributed by atoms with Gasteiger partial charge in [-0.3, -0.25) is 4.79 Å². The number of aliphatic hydroxyl groups excluding tert-OH is 1. The van der Waals surface area contributed by atoms with Gasteiger partial charge in [-0.05, 0) is 43.7 Å². The van der Waals surface area contributed by atoms with E-state index in [1.165, 1.54) is 0 Å². The maximum atomic E-state index is 13.4. The summed E-state index contributed by atoms with van der Waals surface area (Å²) in [6, 6.07) is 1.37. The first-order valence-corrected chi connectivity index (χ1v) is 7.10. The van der Waals surface area contributed by atoms with Crippen LogP contribution in [-0.2, 0) is 0 Å². The number of hydrogen-bond acceptors (Lipinski definition) is 2. The van der Waals surface area contributed by atoms with Crippen LogP contribution in [0.2, 0.25) is 0 Å². The number of nitrogens with one attached hydrogen (secondary N) is 1. The highest BCUT2D eigenvalue weighted by atomic mass is 19.2. The first-order chi connectivity index (χ1) is 10.0. The fourth-order valence-electron chi connectivity index (χ4n) is 2.74. The Hall–Kier alpha value is -1.56. The zero-order valence-electron chi connectivity index (χ0n) is 11.5. The molecule has 3 nitrogen and oxygen atoms in total. The molecule has 0 bridgehead atoms. The van der Waals surface area contributed by atoms with E-state index in [-0.39, 0.29) is 18.6 Å². The molecule has 1 aromatic rings. The average molecular weight is 301 g/mol. The van der Waals surface area contributed by atoms with Crippen molar-refractivity contribution in [3.8, 4) is 0 Å². The molecule has 2 rings (SSSR count). The van der Waals surface area contributed by atoms with Crippen LogP contribution in [-0.4, -0.2) is 23.7 Å². The Morgan fingerprint density at radius 2 is 1.95 bits per heavy atom. The molecule has 0 saturated heterocycles. The fraction of sp³-hybridized carbons (Fsp3) is 0.533. The Morgan fingerprint density at radius 1 is 1.24 bits per heavy atom. The third-order valence-electron chi connectivity index (χ3n) is 3.93. The summed E-state index contributed by atoms with van der Waals surface area (Å²) in [5.74, 6) is -4.55.